The van der Waals surface area contributed by atoms with Gasteiger partial charge in [0.25, 0.3) is 11.5 Å². The number of hydrogen-bond acceptors (Lipinski definition) is 5. The van der Waals surface area contributed by atoms with Gasteiger partial charge in [0.2, 0.25) is 0 Å². The van der Waals surface area contributed by atoms with Crippen molar-refractivity contribution < 1.29 is 14.3 Å². The van der Waals surface area contributed by atoms with Gasteiger partial charge in [0.05, 0.1) is 12.0 Å². The molecule has 0 aliphatic carbocycles. The van der Waals surface area contributed by atoms with E-state index in [2.05, 4.69) is 4.99 Å². The first-order valence-corrected chi connectivity index (χ1v) is 12.6. The Morgan fingerprint density at radius 2 is 1.69 bits per heavy atom. The highest BCUT2D eigenvalue weighted by molar-refractivity contribution is 5.96. The van der Waals surface area contributed by atoms with E-state index in [1.54, 1.807) is 42.0 Å². The number of pyridine rings is 2. The number of amides is 1. The summed E-state index contributed by atoms with van der Waals surface area (Å²) in [4.78, 5) is 48.7. The van der Waals surface area contributed by atoms with E-state index < -0.39 is 11.9 Å². The summed E-state index contributed by atoms with van der Waals surface area (Å²) in [6.45, 7) is 2.13. The highest BCUT2D eigenvalue weighted by Crippen LogP contribution is 2.13. The summed E-state index contributed by atoms with van der Waals surface area (Å²) in [6.07, 6.45) is 5.18. The summed E-state index contributed by atoms with van der Waals surface area (Å²) in [5, 5.41) is 0.223. The van der Waals surface area contributed by atoms with Crippen LogP contribution in [0.15, 0.2) is 107 Å². The predicted molar refractivity (Wildman–Crippen MR) is 149 cm³/mol. The van der Waals surface area contributed by atoms with E-state index in [-0.39, 0.29) is 28.6 Å². The van der Waals surface area contributed by atoms with Crippen molar-refractivity contribution in [2.45, 2.75) is 19.9 Å². The van der Waals surface area contributed by atoms with E-state index in [9.17, 15) is 14.4 Å². The van der Waals surface area contributed by atoms with Crippen LogP contribution in [0.5, 0.6) is 0 Å². The molecule has 8 heteroatoms. The summed E-state index contributed by atoms with van der Waals surface area (Å²) < 4.78 is 8.39. The van der Waals surface area contributed by atoms with Crippen molar-refractivity contribution in [3.63, 3.8) is 0 Å². The van der Waals surface area contributed by atoms with Crippen molar-refractivity contribution in [3.8, 4) is 0 Å². The van der Waals surface area contributed by atoms with Gasteiger partial charge in [-0.2, -0.15) is 4.99 Å². The third-order valence-electron chi connectivity index (χ3n) is 6.19. The van der Waals surface area contributed by atoms with Crippen LogP contribution in [0.25, 0.3) is 22.8 Å². The van der Waals surface area contributed by atoms with Gasteiger partial charge in [0.15, 0.2) is 5.49 Å². The summed E-state index contributed by atoms with van der Waals surface area (Å²) in [7, 11) is 0. The Bertz CT molecular complexity index is 1820. The van der Waals surface area contributed by atoms with E-state index in [1.165, 1.54) is 16.5 Å². The van der Waals surface area contributed by atoms with E-state index in [0.29, 0.717) is 24.3 Å². The van der Waals surface area contributed by atoms with Crippen LogP contribution in [0.4, 0.5) is 0 Å². The molecule has 3 aromatic heterocycles. The Morgan fingerprint density at radius 3 is 2.44 bits per heavy atom. The van der Waals surface area contributed by atoms with Crippen LogP contribution in [0.2, 0.25) is 0 Å². The smallest absolute Gasteiger partial charge is 0.341 e. The molecule has 5 aromatic rings. The van der Waals surface area contributed by atoms with Crippen LogP contribution in [-0.2, 0) is 22.5 Å². The monoisotopic (exact) mass is 518 g/mol. The lowest BCUT2D eigenvalue weighted by atomic mass is 10.1. The second-order valence-corrected chi connectivity index (χ2v) is 8.77. The largest absolute Gasteiger partial charge is 0.462 e. The fraction of sp³-hybridized carbons (Fsp3) is 0.129. The first-order chi connectivity index (χ1) is 19.0. The minimum atomic E-state index is -0.677. The number of nitrogens with zero attached hydrogens (tertiary/aromatic N) is 4. The molecule has 194 valence electrons. The first-order valence-electron chi connectivity index (χ1n) is 12.6. The van der Waals surface area contributed by atoms with Gasteiger partial charge in [-0.3, -0.25) is 14.0 Å². The number of benzene rings is 2. The topological polar surface area (TPSA) is 95.0 Å². The van der Waals surface area contributed by atoms with Gasteiger partial charge < -0.3 is 9.30 Å². The molecule has 5 rings (SSSR count). The third kappa shape index (κ3) is 5.60. The van der Waals surface area contributed by atoms with Crippen molar-refractivity contribution in [2.75, 3.05) is 6.61 Å². The zero-order chi connectivity index (χ0) is 27.2. The van der Waals surface area contributed by atoms with E-state index in [0.717, 1.165) is 11.1 Å². The molecule has 2 aromatic carbocycles. The molecule has 0 atom stereocenters. The first kappa shape index (κ1) is 25.5. The maximum absolute atomic E-state index is 13.5. The standard InChI is InChI=1S/C31H26N4O4/c1-2-39-31(38)25-21-24-28(32-26-15-9-10-19-34(26)30(24)37)35(20-18-23-13-7-4-8-14-23)29(25)33-27(36)17-16-22-11-5-3-6-12-22/h3-17,19,21H,2,18,20H2,1H3. The molecule has 1 amide bonds. The number of carbonyl (C=O) groups excluding carboxylic acids is 2. The maximum atomic E-state index is 13.5. The van der Waals surface area contributed by atoms with E-state index >= 15 is 0 Å². The number of carbonyl (C=O) groups is 2. The molecule has 39 heavy (non-hydrogen) atoms. The summed E-state index contributed by atoms with van der Waals surface area (Å²) in [6, 6.07) is 25.8. The summed E-state index contributed by atoms with van der Waals surface area (Å²) in [5.41, 5.74) is 2.42. The van der Waals surface area contributed by atoms with Crippen LogP contribution in [0.3, 0.4) is 0 Å². The summed E-state index contributed by atoms with van der Waals surface area (Å²) >= 11 is 0. The zero-order valence-electron chi connectivity index (χ0n) is 21.4. The SMILES string of the molecule is CCOC(=O)c1cc2c(=O)n3ccccc3nc2n(CCc2ccccc2)c1=NC(=O)C=Cc1ccccc1. The number of aromatic nitrogens is 3. The second-order valence-electron chi connectivity index (χ2n) is 8.77. The van der Waals surface area contributed by atoms with Crippen molar-refractivity contribution in [2.24, 2.45) is 4.99 Å². The lowest BCUT2D eigenvalue weighted by Crippen LogP contribution is -2.33. The quantitative estimate of drug-likeness (QED) is 0.183. The lowest BCUT2D eigenvalue weighted by molar-refractivity contribution is -0.113. The number of aryl methyl sites for hydroxylation is 2. The minimum Gasteiger partial charge on any atom is -0.462 e. The predicted octanol–water partition coefficient (Wildman–Crippen LogP) is 4.21. The number of ether oxygens (including phenoxy) is 1. The molecule has 0 saturated heterocycles. The Kier molecular flexibility index (Phi) is 7.54. The average molecular weight is 519 g/mol. The van der Waals surface area contributed by atoms with Crippen LogP contribution in [0.1, 0.15) is 28.4 Å². The number of rotatable bonds is 7. The fourth-order valence-corrected chi connectivity index (χ4v) is 4.33. The van der Waals surface area contributed by atoms with Crippen molar-refractivity contribution in [1.29, 1.82) is 0 Å². The van der Waals surface area contributed by atoms with Crippen LogP contribution < -0.4 is 11.0 Å². The van der Waals surface area contributed by atoms with Crippen molar-refractivity contribution >= 4 is 34.6 Å². The third-order valence-corrected chi connectivity index (χ3v) is 6.19. The van der Waals surface area contributed by atoms with Gasteiger partial charge in [-0.25, -0.2) is 9.78 Å². The van der Waals surface area contributed by atoms with Gasteiger partial charge in [-0.1, -0.05) is 66.7 Å². The molecule has 0 spiro atoms. The molecule has 0 aliphatic rings. The molecule has 0 saturated carbocycles. The lowest BCUT2D eigenvalue weighted by Gasteiger charge is -2.15. The zero-order valence-corrected chi connectivity index (χ0v) is 21.4. The molecule has 8 nitrogen and oxygen atoms in total. The molecule has 0 radical (unpaired) electrons. The summed E-state index contributed by atoms with van der Waals surface area (Å²) in [5.74, 6) is -1.24. The van der Waals surface area contributed by atoms with Gasteiger partial charge in [-0.15, -0.1) is 0 Å². The second kappa shape index (κ2) is 11.5. The molecule has 0 unspecified atom stereocenters. The Balaban J connectivity index is 1.76. The van der Waals surface area contributed by atoms with Gasteiger partial charge in [-0.05, 0) is 48.7 Å². The van der Waals surface area contributed by atoms with Crippen molar-refractivity contribution in [3.05, 3.63) is 130 Å². The van der Waals surface area contributed by atoms with Crippen molar-refractivity contribution in [1.82, 2.24) is 14.0 Å². The fourth-order valence-electron chi connectivity index (χ4n) is 4.33. The molecule has 0 bridgehead atoms. The van der Waals surface area contributed by atoms with Crippen LogP contribution >= 0.6 is 0 Å². The minimum absolute atomic E-state index is 0.0219. The molecule has 0 fully saturated rings. The highest BCUT2D eigenvalue weighted by atomic mass is 16.5. The maximum Gasteiger partial charge on any atom is 0.341 e. The van der Waals surface area contributed by atoms with E-state index in [4.69, 9.17) is 9.72 Å². The molecule has 3 heterocycles. The molecular weight excluding hydrogens is 492 g/mol. The van der Waals surface area contributed by atoms with Crippen LogP contribution in [0, 0.1) is 0 Å². The van der Waals surface area contributed by atoms with Gasteiger partial charge >= 0.3 is 5.97 Å². The highest BCUT2D eigenvalue weighted by Gasteiger charge is 2.19. The number of fused-ring (bicyclic) bond motifs is 2. The Labute approximate surface area is 224 Å². The number of hydrogen-bond donors (Lipinski definition) is 0. The normalized spacial score (nSPS) is 11.9. The number of esters is 1. The molecule has 0 aliphatic heterocycles. The van der Waals surface area contributed by atoms with E-state index in [1.807, 2.05) is 60.7 Å². The Morgan fingerprint density at radius 1 is 0.974 bits per heavy atom. The van der Waals surface area contributed by atoms with Gasteiger partial charge in [0.1, 0.15) is 16.9 Å². The molecule has 0 N–H and O–H groups in total. The van der Waals surface area contributed by atoms with Gasteiger partial charge in [0, 0.05) is 18.8 Å². The molecular formula is C31H26N4O4. The average Bonchev–Trinajstić information content (AvgIpc) is 2.97. The van der Waals surface area contributed by atoms with Crippen LogP contribution in [-0.4, -0.2) is 32.4 Å². The Hall–Kier alpha value is -5.11.